The molecule has 0 aliphatic rings. The number of hydrogen-bond acceptors (Lipinski definition) is 1. The summed E-state index contributed by atoms with van der Waals surface area (Å²) in [5.74, 6) is 0.0586. The molecule has 1 unspecified atom stereocenters. The number of carbonyl (C=O) groups excluding carboxylic acids is 1. The second kappa shape index (κ2) is 9.40. The van der Waals surface area contributed by atoms with Crippen molar-refractivity contribution >= 4 is 11.5 Å². The molecular weight excluding hydrogens is 411 g/mol. The third kappa shape index (κ3) is 5.45. The van der Waals surface area contributed by atoms with E-state index in [1.54, 1.807) is 19.1 Å². The summed E-state index contributed by atoms with van der Waals surface area (Å²) in [7, 11) is 0. The maximum absolute atomic E-state index is 13.0. The lowest BCUT2D eigenvalue weighted by molar-refractivity contribution is -0.137. The fourth-order valence-corrected chi connectivity index (χ4v) is 3.77. The molecule has 1 atom stereocenters. The Kier molecular flexibility index (Phi) is 6.84. The summed E-state index contributed by atoms with van der Waals surface area (Å²) >= 11 is 0. The van der Waals surface area contributed by atoms with Crippen LogP contribution in [0.15, 0.2) is 66.7 Å². The minimum Gasteiger partial charge on any atom is -0.299 e. The molecule has 0 fully saturated rings. The van der Waals surface area contributed by atoms with E-state index in [0.29, 0.717) is 23.6 Å². The molecule has 0 amide bonds. The second-order valence-electron chi connectivity index (χ2n) is 8.37. The number of ketones is 1. The maximum Gasteiger partial charge on any atom is 0.416 e. The lowest BCUT2D eigenvalue weighted by Gasteiger charge is -2.19. The third-order valence-corrected chi connectivity index (χ3v) is 5.43. The number of hydrogen-bond donors (Lipinski definition) is 0. The van der Waals surface area contributed by atoms with Gasteiger partial charge in [-0.1, -0.05) is 62.4 Å². The molecule has 0 saturated heterocycles. The van der Waals surface area contributed by atoms with Crippen molar-refractivity contribution in [1.82, 2.24) is 0 Å². The lowest BCUT2D eigenvalue weighted by atomic mass is 9.84. The van der Waals surface area contributed by atoms with Crippen molar-refractivity contribution < 1.29 is 18.0 Å². The Hall–Kier alpha value is -3.39. The van der Waals surface area contributed by atoms with Gasteiger partial charge >= 0.3 is 6.18 Å². The van der Waals surface area contributed by atoms with Crippen molar-refractivity contribution in [3.63, 3.8) is 0 Å². The highest BCUT2D eigenvalue weighted by molar-refractivity contribution is 5.85. The van der Waals surface area contributed by atoms with Gasteiger partial charge in [0.15, 0.2) is 5.69 Å². The van der Waals surface area contributed by atoms with Crippen LogP contribution in [0.2, 0.25) is 0 Å². The van der Waals surface area contributed by atoms with Gasteiger partial charge in [-0.3, -0.25) is 4.79 Å². The van der Waals surface area contributed by atoms with Gasteiger partial charge in [0.25, 0.3) is 0 Å². The minimum atomic E-state index is -4.40. The SMILES string of the molecule is [C-]#[N+]c1ccc(-c2cc(-c3ccc(C(F)(F)F)cc3)cc(C(CC(C)C)C(C)=O)c2)cc1. The zero-order valence-corrected chi connectivity index (χ0v) is 18.2. The van der Waals surface area contributed by atoms with Crippen LogP contribution in [0, 0.1) is 12.5 Å². The summed E-state index contributed by atoms with van der Waals surface area (Å²) in [4.78, 5) is 15.9. The van der Waals surface area contributed by atoms with Crippen LogP contribution >= 0.6 is 0 Å². The molecule has 0 aromatic heterocycles. The van der Waals surface area contributed by atoms with Gasteiger partial charge in [0.2, 0.25) is 0 Å². The second-order valence-corrected chi connectivity index (χ2v) is 8.37. The number of Topliss-reactive ketones (excluding diaryl/α,β-unsaturated/α-hetero) is 1. The largest absolute Gasteiger partial charge is 0.416 e. The smallest absolute Gasteiger partial charge is 0.299 e. The highest BCUT2D eigenvalue weighted by Crippen LogP contribution is 2.36. The van der Waals surface area contributed by atoms with Crippen LogP contribution in [0.4, 0.5) is 18.9 Å². The maximum atomic E-state index is 13.0. The van der Waals surface area contributed by atoms with Crippen LogP contribution in [0.25, 0.3) is 27.1 Å². The average molecular weight is 435 g/mol. The molecule has 0 aliphatic carbocycles. The van der Waals surface area contributed by atoms with Crippen molar-refractivity contribution in [2.45, 2.75) is 39.3 Å². The number of alkyl halides is 3. The Labute approximate surface area is 186 Å². The van der Waals surface area contributed by atoms with Crippen LogP contribution in [-0.2, 0) is 11.0 Å². The van der Waals surface area contributed by atoms with E-state index in [-0.39, 0.29) is 11.7 Å². The van der Waals surface area contributed by atoms with Crippen LogP contribution in [-0.4, -0.2) is 5.78 Å². The van der Waals surface area contributed by atoms with Gasteiger partial charge in [-0.25, -0.2) is 4.85 Å². The molecule has 3 rings (SSSR count). The van der Waals surface area contributed by atoms with E-state index in [4.69, 9.17) is 6.57 Å². The van der Waals surface area contributed by atoms with E-state index in [2.05, 4.69) is 18.7 Å². The minimum absolute atomic E-state index is 0.0533. The fraction of sp³-hybridized carbons (Fsp3) is 0.259. The topological polar surface area (TPSA) is 21.4 Å². The van der Waals surface area contributed by atoms with Crippen LogP contribution < -0.4 is 0 Å². The van der Waals surface area contributed by atoms with Crippen molar-refractivity contribution in [3.8, 4) is 22.3 Å². The van der Waals surface area contributed by atoms with Gasteiger partial charge in [0.1, 0.15) is 5.78 Å². The summed E-state index contributed by atoms with van der Waals surface area (Å²) in [5, 5.41) is 0. The fourth-order valence-electron chi connectivity index (χ4n) is 3.77. The number of rotatable bonds is 6. The zero-order valence-electron chi connectivity index (χ0n) is 18.2. The zero-order chi connectivity index (χ0) is 23.5. The Bertz CT molecular complexity index is 1140. The monoisotopic (exact) mass is 435 g/mol. The molecule has 3 aromatic rings. The van der Waals surface area contributed by atoms with E-state index < -0.39 is 11.7 Å². The number of halogens is 3. The van der Waals surface area contributed by atoms with E-state index in [1.807, 2.05) is 30.3 Å². The van der Waals surface area contributed by atoms with Gasteiger partial charge in [-0.05, 0) is 65.3 Å². The first-order chi connectivity index (χ1) is 15.1. The molecule has 32 heavy (non-hydrogen) atoms. The highest BCUT2D eigenvalue weighted by Gasteiger charge is 2.30. The van der Waals surface area contributed by atoms with E-state index >= 15 is 0 Å². The predicted octanol–water partition coefficient (Wildman–Crippen LogP) is 8.31. The highest BCUT2D eigenvalue weighted by atomic mass is 19.4. The van der Waals surface area contributed by atoms with Crippen molar-refractivity contribution in [1.29, 1.82) is 0 Å². The molecule has 3 aromatic carbocycles. The summed E-state index contributed by atoms with van der Waals surface area (Å²) in [5.41, 5.74) is 3.78. The van der Waals surface area contributed by atoms with Crippen molar-refractivity contribution in [2.75, 3.05) is 0 Å². The molecule has 0 spiro atoms. The van der Waals surface area contributed by atoms with Crippen molar-refractivity contribution in [3.05, 3.63) is 89.3 Å². The molecule has 0 saturated carbocycles. The predicted molar refractivity (Wildman–Crippen MR) is 121 cm³/mol. The molecular formula is C27H24F3NO. The van der Waals surface area contributed by atoms with E-state index in [9.17, 15) is 18.0 Å². The van der Waals surface area contributed by atoms with Gasteiger partial charge in [-0.15, -0.1) is 0 Å². The van der Waals surface area contributed by atoms with E-state index in [0.717, 1.165) is 34.4 Å². The van der Waals surface area contributed by atoms with Crippen LogP contribution in [0.1, 0.15) is 44.2 Å². The van der Waals surface area contributed by atoms with Crippen molar-refractivity contribution in [2.24, 2.45) is 5.92 Å². The number of benzene rings is 3. The first-order valence-corrected chi connectivity index (χ1v) is 10.4. The molecule has 5 heteroatoms. The Morgan fingerprint density at radius 1 is 0.875 bits per heavy atom. The Morgan fingerprint density at radius 2 is 1.38 bits per heavy atom. The van der Waals surface area contributed by atoms with Gasteiger partial charge in [0, 0.05) is 5.92 Å². The molecule has 0 bridgehead atoms. The molecule has 0 radical (unpaired) electrons. The summed E-state index contributed by atoms with van der Waals surface area (Å²) in [6.07, 6.45) is -3.71. The summed E-state index contributed by atoms with van der Waals surface area (Å²) in [6, 6.07) is 18.0. The third-order valence-electron chi connectivity index (χ3n) is 5.43. The first-order valence-electron chi connectivity index (χ1n) is 10.4. The lowest BCUT2D eigenvalue weighted by Crippen LogP contribution is -2.12. The average Bonchev–Trinajstić information content (AvgIpc) is 2.76. The quantitative estimate of drug-likeness (QED) is 0.357. The molecule has 164 valence electrons. The van der Waals surface area contributed by atoms with Crippen LogP contribution in [0.3, 0.4) is 0 Å². The Morgan fingerprint density at radius 3 is 1.78 bits per heavy atom. The number of nitrogens with zero attached hydrogens (tertiary/aromatic N) is 1. The van der Waals surface area contributed by atoms with Gasteiger partial charge < -0.3 is 0 Å². The van der Waals surface area contributed by atoms with Gasteiger partial charge in [-0.2, -0.15) is 13.2 Å². The molecule has 0 aliphatic heterocycles. The first kappa shape index (κ1) is 23.3. The van der Waals surface area contributed by atoms with E-state index in [1.165, 1.54) is 12.1 Å². The summed E-state index contributed by atoms with van der Waals surface area (Å²) in [6.45, 7) is 12.8. The molecule has 0 heterocycles. The standard InChI is InChI=1S/C27H24F3NO/c1-17(2)13-26(18(3)32)23-15-21(19-5-9-24(10-6-19)27(28,29)30)14-22(16-23)20-7-11-25(31-4)12-8-20/h5-12,14-17,26H,13H2,1-3H3. The van der Waals surface area contributed by atoms with Crippen LogP contribution in [0.5, 0.6) is 0 Å². The molecule has 2 nitrogen and oxygen atoms in total. The molecule has 0 N–H and O–H groups in total. The number of carbonyl (C=O) groups is 1. The van der Waals surface area contributed by atoms with Gasteiger partial charge in [0.05, 0.1) is 12.1 Å². The summed E-state index contributed by atoms with van der Waals surface area (Å²) < 4.78 is 39.0. The normalized spacial score (nSPS) is 12.4. The Balaban J connectivity index is 2.15.